The van der Waals surface area contributed by atoms with Crippen LogP contribution in [0.2, 0.25) is 5.02 Å². The minimum absolute atomic E-state index is 0.0482. The van der Waals surface area contributed by atoms with Crippen molar-refractivity contribution in [3.63, 3.8) is 0 Å². The number of aliphatic hydroxyl groups is 1. The lowest BCUT2D eigenvalue weighted by atomic mass is 9.81. The van der Waals surface area contributed by atoms with Crippen LogP contribution in [0.4, 0.5) is 10.5 Å². The lowest BCUT2D eigenvalue weighted by Crippen LogP contribution is -2.63. The second-order valence-corrected chi connectivity index (χ2v) is 20.5. The van der Waals surface area contributed by atoms with Crippen molar-refractivity contribution in [2.75, 3.05) is 45.1 Å². The first-order valence-corrected chi connectivity index (χ1v) is 25.1. The Morgan fingerprint density at radius 2 is 1.85 bits per heavy atom. The molecule has 1 aromatic carbocycles. The molecule has 370 valence electrons. The zero-order valence-corrected chi connectivity index (χ0v) is 42.7. The van der Waals surface area contributed by atoms with E-state index in [9.17, 15) is 33.9 Å². The van der Waals surface area contributed by atoms with Gasteiger partial charge in [0, 0.05) is 74.9 Å². The Bertz CT molecular complexity index is 2090. The summed E-state index contributed by atoms with van der Waals surface area (Å²) in [6, 6.07) is 3.58. The minimum atomic E-state index is -1.85. The zero-order valence-electron chi connectivity index (χ0n) is 39.0. The summed E-state index contributed by atoms with van der Waals surface area (Å²) in [4.78, 5) is 82.1. The number of carbonyl (C=O) groups excluding carboxylic acids is 6. The van der Waals surface area contributed by atoms with E-state index in [0.29, 0.717) is 49.4 Å². The number of hydrogen-bond donors (Lipinski definition) is 4. The molecule has 67 heavy (non-hydrogen) atoms. The molecule has 4 heterocycles. The van der Waals surface area contributed by atoms with Crippen LogP contribution in [0, 0.1) is 17.8 Å². The number of imide groups is 1. The Balaban J connectivity index is 1.10. The maximum atomic E-state index is 14.3. The van der Waals surface area contributed by atoms with E-state index in [4.69, 9.17) is 40.0 Å². The second kappa shape index (κ2) is 22.9. The number of esters is 1. The highest BCUT2D eigenvalue weighted by Crippen LogP contribution is 2.49. The van der Waals surface area contributed by atoms with Crippen LogP contribution in [0.15, 0.2) is 35.9 Å². The van der Waals surface area contributed by atoms with E-state index in [2.05, 4.69) is 14.4 Å². The van der Waals surface area contributed by atoms with Crippen LogP contribution in [0.5, 0.6) is 5.75 Å². The fourth-order valence-corrected chi connectivity index (χ4v) is 11.1. The number of halogens is 2. The number of ether oxygens (including phenoxy) is 6. The highest BCUT2D eigenvalue weighted by atomic mass is 127. The molecule has 4 aliphatic heterocycles. The number of allylic oxidation sites excluding steroid dienone is 3. The standard InChI is InChI=1S/C46H63ClIN5O13S/c1-25-10-8-11-35(62-7)46(60)23-33(64-44(59)49-46)26(2)40-45(4,66-40)36(22-37(54)52(5)31-19-29(18-25)20-32(61-6)39(31)47)65-43(58)27(3)63-16-9-17-67-34-21-38(55)53(42(34)57)24-28-12-14-30(15-13-28)41(56)50-51-48/h8,10-11,19-20,26-28,30,33-36,40,51,60H,9,12-18,21-24H2,1-7H3,(H,49,59)(H,50,56)/b11-8+,25-10+/t26-,27+,28-,30-,33+,34?,35-,36+,40+,45+,46+/m1/s1. The number of carbonyl (C=O) groups is 6. The van der Waals surface area contributed by atoms with Crippen molar-refractivity contribution in [3.05, 3.63) is 46.5 Å². The van der Waals surface area contributed by atoms with Gasteiger partial charge in [0.05, 0.1) is 30.6 Å². The SMILES string of the molecule is COc1cc2cc(c1Cl)N(C)C(=O)C[C@H](OC(=O)[C@H](C)OCCCSC1CC(=O)N(C[C@H]3CC[C@H](C(=O)NNI)CC3)C1=O)[C@]1(C)O[C@H]1[C@H](C)[C@@H]1C[C@@](O)(NC(=O)O1)[C@H](OC)/C=C/C=C(\C)C2. The van der Waals surface area contributed by atoms with Gasteiger partial charge in [0.2, 0.25) is 23.6 Å². The molecule has 1 aliphatic carbocycles. The Kier molecular flexibility index (Phi) is 18.1. The predicted octanol–water partition coefficient (Wildman–Crippen LogP) is 5.10. The van der Waals surface area contributed by atoms with Crippen molar-refractivity contribution >= 4 is 87.6 Å². The number of thioether (sulfide) groups is 1. The fourth-order valence-electron chi connectivity index (χ4n) is 9.44. The molecule has 21 heteroatoms. The van der Waals surface area contributed by atoms with E-state index >= 15 is 0 Å². The van der Waals surface area contributed by atoms with Gasteiger partial charge in [0.25, 0.3) is 0 Å². The molecule has 0 spiro atoms. The van der Waals surface area contributed by atoms with Crippen LogP contribution < -0.4 is 24.0 Å². The molecule has 4 fully saturated rings. The van der Waals surface area contributed by atoms with Crippen LogP contribution in [0.25, 0.3) is 0 Å². The Morgan fingerprint density at radius 3 is 2.54 bits per heavy atom. The lowest BCUT2D eigenvalue weighted by molar-refractivity contribution is -0.165. The minimum Gasteiger partial charge on any atom is -0.495 e. The molecule has 0 radical (unpaired) electrons. The Morgan fingerprint density at radius 1 is 1.12 bits per heavy atom. The molecule has 1 unspecified atom stereocenters. The van der Waals surface area contributed by atoms with Crippen molar-refractivity contribution in [1.29, 1.82) is 0 Å². The van der Waals surface area contributed by atoms with Gasteiger partial charge in [0.15, 0.2) is 11.8 Å². The summed E-state index contributed by atoms with van der Waals surface area (Å²) in [6.45, 7) is 7.49. The van der Waals surface area contributed by atoms with Crippen molar-refractivity contribution in [2.45, 2.75) is 133 Å². The number of rotatable bonds is 14. The average molecular weight is 1090 g/mol. The third-order valence-corrected chi connectivity index (χ3v) is 15.5. The first-order chi connectivity index (χ1) is 31.8. The number of anilines is 1. The number of hydrazine groups is 1. The number of nitrogens with zero attached hydrogens (tertiary/aromatic N) is 2. The van der Waals surface area contributed by atoms with Gasteiger partial charge in [-0.05, 0) is 88.7 Å². The van der Waals surface area contributed by atoms with Gasteiger partial charge in [-0.3, -0.25) is 34.8 Å². The van der Waals surface area contributed by atoms with Gasteiger partial charge < -0.3 is 38.4 Å². The molecule has 4 bridgehead atoms. The van der Waals surface area contributed by atoms with Gasteiger partial charge in [-0.2, -0.15) is 3.64 Å². The quantitative estimate of drug-likeness (QED) is 0.0362. The second-order valence-electron chi connectivity index (χ2n) is 18.3. The maximum absolute atomic E-state index is 14.3. The molecule has 6 rings (SSSR count). The first-order valence-electron chi connectivity index (χ1n) is 22.6. The number of amides is 5. The monoisotopic (exact) mass is 1090 g/mol. The van der Waals surface area contributed by atoms with E-state index in [0.717, 1.165) is 24.0 Å². The number of benzene rings is 1. The van der Waals surface area contributed by atoms with Crippen molar-refractivity contribution < 1.29 is 62.3 Å². The summed E-state index contributed by atoms with van der Waals surface area (Å²) in [5.74, 6) is -1.23. The molecular formula is C46H63ClIN5O13S. The molecule has 1 saturated carbocycles. The molecule has 1 aromatic rings. The van der Waals surface area contributed by atoms with Crippen molar-refractivity contribution in [3.8, 4) is 5.75 Å². The summed E-state index contributed by atoms with van der Waals surface area (Å²) in [6.07, 6.45) is 3.29. The normalized spacial score (nSPS) is 33.1. The summed E-state index contributed by atoms with van der Waals surface area (Å²) in [5, 5.41) is 14.0. The van der Waals surface area contributed by atoms with E-state index in [1.807, 2.05) is 35.9 Å². The zero-order chi connectivity index (χ0) is 48.8. The van der Waals surface area contributed by atoms with E-state index < -0.39 is 71.0 Å². The maximum Gasteiger partial charge on any atom is 0.409 e. The molecule has 5 amide bonds. The van der Waals surface area contributed by atoms with Crippen LogP contribution in [-0.4, -0.2) is 133 Å². The van der Waals surface area contributed by atoms with E-state index in [1.165, 1.54) is 35.8 Å². The third kappa shape index (κ3) is 12.6. The number of hydrogen-bond acceptors (Lipinski definition) is 15. The molecule has 5 aliphatic rings. The van der Waals surface area contributed by atoms with Gasteiger partial charge in [0.1, 0.15) is 34.7 Å². The summed E-state index contributed by atoms with van der Waals surface area (Å²) >= 11 is 10.0. The van der Waals surface area contributed by atoms with Crippen LogP contribution in [-0.2, 0) is 54.1 Å². The molecular weight excluding hydrogens is 1020 g/mol. The first kappa shape index (κ1) is 52.9. The molecule has 18 nitrogen and oxygen atoms in total. The van der Waals surface area contributed by atoms with Gasteiger partial charge in [-0.1, -0.05) is 42.3 Å². The predicted molar refractivity (Wildman–Crippen MR) is 257 cm³/mol. The number of methoxy groups -OCH3 is 2. The molecule has 0 aromatic heterocycles. The highest BCUT2D eigenvalue weighted by Gasteiger charge is 2.64. The lowest BCUT2D eigenvalue weighted by Gasteiger charge is -2.42. The van der Waals surface area contributed by atoms with Crippen LogP contribution >= 0.6 is 46.2 Å². The third-order valence-electron chi connectivity index (χ3n) is 13.5. The van der Waals surface area contributed by atoms with Gasteiger partial charge >= 0.3 is 12.1 Å². The number of fused-ring (bicyclic) bond motifs is 5. The average Bonchev–Trinajstić information content (AvgIpc) is 3.92. The molecule has 9 atom stereocenters. The molecule has 3 saturated heterocycles. The van der Waals surface area contributed by atoms with Crippen molar-refractivity contribution in [1.82, 2.24) is 19.3 Å². The highest BCUT2D eigenvalue weighted by molar-refractivity contribution is 14.1. The summed E-state index contributed by atoms with van der Waals surface area (Å²) in [5.41, 5.74) is 1.64. The number of likely N-dealkylation sites (tertiary alicyclic amines) is 1. The van der Waals surface area contributed by atoms with Gasteiger partial charge in [-0.25, -0.2) is 9.59 Å². The van der Waals surface area contributed by atoms with Crippen LogP contribution in [0.3, 0.4) is 0 Å². The number of nitrogens with one attached hydrogen (secondary N) is 3. The number of epoxide rings is 1. The summed E-state index contributed by atoms with van der Waals surface area (Å²) in [7, 11) is 4.49. The summed E-state index contributed by atoms with van der Waals surface area (Å²) < 4.78 is 37.9. The number of alkyl carbamates (subject to hydrolysis) is 1. The largest absolute Gasteiger partial charge is 0.495 e. The topological polar surface area (TPSA) is 224 Å². The molecule has 4 N–H and O–H groups in total. The Hall–Kier alpha value is -3.51. The van der Waals surface area contributed by atoms with Crippen molar-refractivity contribution in [2.24, 2.45) is 17.8 Å². The van der Waals surface area contributed by atoms with Crippen LogP contribution in [0.1, 0.15) is 84.6 Å². The van der Waals surface area contributed by atoms with E-state index in [1.54, 1.807) is 52.1 Å². The fraction of sp³-hybridized carbons (Fsp3) is 0.652. The smallest absolute Gasteiger partial charge is 0.409 e. The van der Waals surface area contributed by atoms with Gasteiger partial charge in [-0.15, -0.1) is 11.8 Å². The Labute approximate surface area is 414 Å². The van der Waals surface area contributed by atoms with E-state index in [-0.39, 0.29) is 60.4 Å².